The van der Waals surface area contributed by atoms with Gasteiger partial charge in [0, 0.05) is 34.7 Å². The lowest BCUT2D eigenvalue weighted by Gasteiger charge is -2.29. The summed E-state index contributed by atoms with van der Waals surface area (Å²) in [4.78, 5) is 15.5. The molecule has 0 saturated heterocycles. The second-order valence-corrected chi connectivity index (χ2v) is 5.27. The molecule has 19 heavy (non-hydrogen) atoms. The molecule has 1 amide bonds. The normalized spacial score (nSPS) is 23.4. The Bertz CT molecular complexity index is 590. The van der Waals surface area contributed by atoms with Crippen molar-refractivity contribution in [1.29, 1.82) is 0 Å². The van der Waals surface area contributed by atoms with Gasteiger partial charge in [0.15, 0.2) is 0 Å². The van der Waals surface area contributed by atoms with Gasteiger partial charge in [-0.05, 0) is 31.0 Å². The van der Waals surface area contributed by atoms with Crippen LogP contribution in [0.5, 0.6) is 0 Å². The molecule has 1 aromatic heterocycles. The summed E-state index contributed by atoms with van der Waals surface area (Å²) in [5.41, 5.74) is 7.78. The van der Waals surface area contributed by atoms with E-state index in [-0.39, 0.29) is 18.0 Å². The predicted octanol–water partition coefficient (Wildman–Crippen LogP) is 2.17. The van der Waals surface area contributed by atoms with Crippen LogP contribution in [0.15, 0.2) is 30.5 Å². The fourth-order valence-corrected chi connectivity index (χ4v) is 2.87. The minimum atomic E-state index is -0.0208. The van der Waals surface area contributed by atoms with Gasteiger partial charge in [0.05, 0.1) is 0 Å². The zero-order valence-electron chi connectivity index (χ0n) is 10.9. The highest BCUT2D eigenvalue weighted by atomic mass is 16.1. The van der Waals surface area contributed by atoms with Crippen LogP contribution >= 0.6 is 0 Å². The van der Waals surface area contributed by atoms with Crippen molar-refractivity contribution in [3.8, 4) is 0 Å². The molecule has 4 nitrogen and oxygen atoms in total. The number of nitrogens with two attached hydrogens (primary N) is 1. The summed E-state index contributed by atoms with van der Waals surface area (Å²) in [6.07, 6.45) is 6.15. The molecule has 1 aliphatic rings. The Balaban J connectivity index is 1.82. The fraction of sp³-hybridized carbons (Fsp3) is 0.400. The van der Waals surface area contributed by atoms with Gasteiger partial charge in [-0.2, -0.15) is 0 Å². The van der Waals surface area contributed by atoms with Crippen LogP contribution in [-0.2, 0) is 0 Å². The van der Waals surface area contributed by atoms with Crippen LogP contribution in [0.3, 0.4) is 0 Å². The van der Waals surface area contributed by atoms with Crippen molar-refractivity contribution < 1.29 is 4.79 Å². The Hall–Kier alpha value is -1.81. The number of hydrogen-bond acceptors (Lipinski definition) is 2. The lowest BCUT2D eigenvalue weighted by molar-refractivity contribution is 0.0923. The van der Waals surface area contributed by atoms with Gasteiger partial charge < -0.3 is 16.0 Å². The van der Waals surface area contributed by atoms with Crippen LogP contribution < -0.4 is 11.1 Å². The number of nitrogens with one attached hydrogen (secondary N) is 2. The van der Waals surface area contributed by atoms with E-state index < -0.39 is 0 Å². The number of hydrogen-bond donors (Lipinski definition) is 3. The Morgan fingerprint density at radius 2 is 2.11 bits per heavy atom. The average Bonchev–Trinajstić information content (AvgIpc) is 2.89. The molecule has 1 heterocycles. The third-order valence-corrected chi connectivity index (χ3v) is 3.98. The van der Waals surface area contributed by atoms with Crippen molar-refractivity contribution in [2.24, 2.45) is 5.73 Å². The molecule has 100 valence electrons. The third-order valence-electron chi connectivity index (χ3n) is 3.98. The lowest BCUT2D eigenvalue weighted by Crippen LogP contribution is -2.49. The monoisotopic (exact) mass is 257 g/mol. The highest BCUT2D eigenvalue weighted by molar-refractivity contribution is 6.06. The lowest BCUT2D eigenvalue weighted by atomic mass is 9.91. The minimum absolute atomic E-state index is 0.0208. The first-order valence-corrected chi connectivity index (χ1v) is 6.88. The molecule has 1 aliphatic carbocycles. The first-order valence-electron chi connectivity index (χ1n) is 6.88. The molecule has 1 aromatic carbocycles. The van der Waals surface area contributed by atoms with Crippen molar-refractivity contribution >= 4 is 16.8 Å². The van der Waals surface area contributed by atoms with Crippen LogP contribution in [0.4, 0.5) is 0 Å². The molecule has 0 unspecified atom stereocenters. The number of carbonyl (C=O) groups excluding carboxylic acids is 1. The number of H-pyrrole nitrogens is 1. The SMILES string of the molecule is N[C@@H]1CCCC[C@H]1NC(=O)c1cccc2[nH]ccc12. The van der Waals surface area contributed by atoms with Crippen molar-refractivity contribution in [2.75, 3.05) is 0 Å². The molecular weight excluding hydrogens is 238 g/mol. The number of benzene rings is 1. The standard InChI is InChI=1S/C15H19N3O/c16-12-5-1-2-6-14(12)18-15(19)11-4-3-7-13-10(11)8-9-17-13/h3-4,7-9,12,14,17H,1-2,5-6,16H2,(H,18,19)/t12-,14-/m1/s1. The Morgan fingerprint density at radius 3 is 2.95 bits per heavy atom. The van der Waals surface area contributed by atoms with E-state index in [2.05, 4.69) is 10.3 Å². The number of fused-ring (bicyclic) bond motifs is 1. The van der Waals surface area contributed by atoms with Crippen LogP contribution in [-0.4, -0.2) is 23.0 Å². The van der Waals surface area contributed by atoms with Crippen LogP contribution in [0.1, 0.15) is 36.0 Å². The summed E-state index contributed by atoms with van der Waals surface area (Å²) in [6.45, 7) is 0. The molecule has 1 fully saturated rings. The summed E-state index contributed by atoms with van der Waals surface area (Å²) >= 11 is 0. The minimum Gasteiger partial charge on any atom is -0.361 e. The van der Waals surface area contributed by atoms with Crippen molar-refractivity contribution in [2.45, 2.75) is 37.8 Å². The van der Waals surface area contributed by atoms with Gasteiger partial charge in [-0.25, -0.2) is 0 Å². The van der Waals surface area contributed by atoms with Crippen molar-refractivity contribution in [3.05, 3.63) is 36.0 Å². The van der Waals surface area contributed by atoms with Crippen LogP contribution in [0.2, 0.25) is 0 Å². The van der Waals surface area contributed by atoms with E-state index in [1.165, 1.54) is 6.42 Å². The maximum absolute atomic E-state index is 12.4. The van der Waals surface area contributed by atoms with E-state index in [1.807, 2.05) is 30.5 Å². The molecular formula is C15H19N3O. The van der Waals surface area contributed by atoms with Crippen molar-refractivity contribution in [1.82, 2.24) is 10.3 Å². The summed E-state index contributed by atoms with van der Waals surface area (Å²) in [5, 5.41) is 4.05. The number of rotatable bonds is 2. The van der Waals surface area contributed by atoms with E-state index in [1.54, 1.807) is 0 Å². The molecule has 3 rings (SSSR count). The van der Waals surface area contributed by atoms with Crippen LogP contribution in [0.25, 0.3) is 10.9 Å². The smallest absolute Gasteiger partial charge is 0.252 e. The van der Waals surface area contributed by atoms with Gasteiger partial charge >= 0.3 is 0 Å². The van der Waals surface area contributed by atoms with Gasteiger partial charge in [0.1, 0.15) is 0 Å². The number of aromatic nitrogens is 1. The zero-order valence-corrected chi connectivity index (χ0v) is 10.9. The summed E-state index contributed by atoms with van der Waals surface area (Å²) < 4.78 is 0. The molecule has 0 radical (unpaired) electrons. The molecule has 4 N–H and O–H groups in total. The molecule has 0 spiro atoms. The average molecular weight is 257 g/mol. The van der Waals surface area contributed by atoms with E-state index in [0.717, 1.165) is 35.7 Å². The van der Waals surface area contributed by atoms with Gasteiger partial charge in [-0.3, -0.25) is 4.79 Å². The summed E-state index contributed by atoms with van der Waals surface area (Å²) in [6, 6.07) is 7.86. The van der Waals surface area contributed by atoms with Gasteiger partial charge in [-0.1, -0.05) is 18.9 Å². The predicted molar refractivity (Wildman–Crippen MR) is 76.0 cm³/mol. The van der Waals surface area contributed by atoms with E-state index in [0.29, 0.717) is 0 Å². The zero-order chi connectivity index (χ0) is 13.2. The number of aromatic amines is 1. The Labute approximate surface area is 112 Å². The Kier molecular flexibility index (Phi) is 3.25. The first-order chi connectivity index (χ1) is 9.25. The van der Waals surface area contributed by atoms with Crippen LogP contribution in [0, 0.1) is 0 Å². The second-order valence-electron chi connectivity index (χ2n) is 5.27. The quantitative estimate of drug-likeness (QED) is 0.771. The highest BCUT2D eigenvalue weighted by Gasteiger charge is 2.24. The van der Waals surface area contributed by atoms with E-state index in [9.17, 15) is 4.79 Å². The second kappa shape index (κ2) is 5.05. The highest BCUT2D eigenvalue weighted by Crippen LogP contribution is 2.20. The Morgan fingerprint density at radius 1 is 1.26 bits per heavy atom. The topological polar surface area (TPSA) is 70.9 Å². The van der Waals surface area contributed by atoms with Gasteiger partial charge in [0.2, 0.25) is 0 Å². The van der Waals surface area contributed by atoms with Gasteiger partial charge in [-0.15, -0.1) is 0 Å². The van der Waals surface area contributed by atoms with Gasteiger partial charge in [0.25, 0.3) is 5.91 Å². The first kappa shape index (κ1) is 12.2. The summed E-state index contributed by atoms with van der Waals surface area (Å²) in [5.74, 6) is -0.0208. The number of amides is 1. The maximum atomic E-state index is 12.4. The molecule has 2 atom stereocenters. The summed E-state index contributed by atoms with van der Waals surface area (Å²) in [7, 11) is 0. The van der Waals surface area contributed by atoms with E-state index >= 15 is 0 Å². The molecule has 4 heteroatoms. The maximum Gasteiger partial charge on any atom is 0.252 e. The fourth-order valence-electron chi connectivity index (χ4n) is 2.87. The molecule has 0 aliphatic heterocycles. The molecule has 0 bridgehead atoms. The van der Waals surface area contributed by atoms with Crippen molar-refractivity contribution in [3.63, 3.8) is 0 Å². The van der Waals surface area contributed by atoms with E-state index in [4.69, 9.17) is 5.73 Å². The molecule has 2 aromatic rings. The third kappa shape index (κ3) is 2.36. The largest absolute Gasteiger partial charge is 0.361 e. The molecule has 1 saturated carbocycles. The number of carbonyl (C=O) groups is 1.